The monoisotopic (exact) mass is 285 g/mol. The second kappa shape index (κ2) is 9.48. The van der Waals surface area contributed by atoms with Gasteiger partial charge in [-0.25, -0.2) is 0 Å². The number of unbranched alkanes of at least 4 members (excludes halogenated alkanes) is 1. The van der Waals surface area contributed by atoms with Crippen LogP contribution < -0.4 is 0 Å². The van der Waals surface area contributed by atoms with Crippen LogP contribution in [0.5, 0.6) is 0 Å². The molecule has 4 heteroatoms. The van der Waals surface area contributed by atoms with Crippen LogP contribution in [0.25, 0.3) is 0 Å². The van der Waals surface area contributed by atoms with Gasteiger partial charge in [0.1, 0.15) is 0 Å². The zero-order chi connectivity index (χ0) is 14.1. The Morgan fingerprint density at radius 2 is 2.26 bits per heavy atom. The first kappa shape index (κ1) is 16.6. The molecule has 2 atom stereocenters. The van der Waals surface area contributed by atoms with Crippen molar-refractivity contribution in [2.75, 3.05) is 26.8 Å². The Kier molecular flexibility index (Phi) is 8.30. The summed E-state index contributed by atoms with van der Waals surface area (Å²) < 4.78 is 5.45. The minimum Gasteiger partial charge on any atom is -0.389 e. The summed E-state index contributed by atoms with van der Waals surface area (Å²) in [6.45, 7) is 6.20. The fourth-order valence-corrected chi connectivity index (χ4v) is 2.73. The van der Waals surface area contributed by atoms with Crippen LogP contribution in [0.2, 0.25) is 0 Å². The van der Waals surface area contributed by atoms with E-state index in [0.29, 0.717) is 19.2 Å². The maximum atomic E-state index is 9.93. The molecule has 3 nitrogen and oxygen atoms in total. The second-order valence-corrected chi connectivity index (χ2v) is 6.19. The number of hydrogen-bond donors (Lipinski definition) is 1. The van der Waals surface area contributed by atoms with Crippen molar-refractivity contribution < 1.29 is 9.84 Å². The minimum atomic E-state index is -0.396. The molecule has 0 saturated carbocycles. The Hall–Kier alpha value is -0.420. The Morgan fingerprint density at radius 1 is 1.47 bits per heavy atom. The summed E-state index contributed by atoms with van der Waals surface area (Å²) in [6, 6.07) is 4.69. The summed E-state index contributed by atoms with van der Waals surface area (Å²) in [5.74, 6) is 0. The zero-order valence-electron chi connectivity index (χ0n) is 12.3. The Labute approximate surface area is 121 Å². The van der Waals surface area contributed by atoms with E-state index in [1.807, 2.05) is 0 Å². The highest BCUT2D eigenvalue weighted by molar-refractivity contribution is 7.09. The van der Waals surface area contributed by atoms with Gasteiger partial charge < -0.3 is 14.7 Å². The maximum Gasteiger partial charge on any atom is 0.0900 e. The third kappa shape index (κ3) is 7.06. The van der Waals surface area contributed by atoms with Gasteiger partial charge in [-0.15, -0.1) is 11.3 Å². The van der Waals surface area contributed by atoms with Crippen LogP contribution in [-0.4, -0.2) is 49.0 Å². The van der Waals surface area contributed by atoms with E-state index in [-0.39, 0.29) is 0 Å². The molecule has 1 aromatic rings. The van der Waals surface area contributed by atoms with E-state index in [1.54, 1.807) is 11.3 Å². The number of aliphatic hydroxyl groups is 1. The van der Waals surface area contributed by atoms with Crippen LogP contribution in [0.4, 0.5) is 0 Å². The number of rotatable bonds is 10. The van der Waals surface area contributed by atoms with Gasteiger partial charge >= 0.3 is 0 Å². The first-order valence-corrected chi connectivity index (χ1v) is 7.99. The molecule has 0 bridgehead atoms. The summed E-state index contributed by atoms with van der Waals surface area (Å²) in [7, 11) is 2.06. The maximum absolute atomic E-state index is 9.93. The lowest BCUT2D eigenvalue weighted by atomic mass is 10.1. The average molecular weight is 285 g/mol. The predicted octanol–water partition coefficient (Wildman–Crippen LogP) is 2.79. The Morgan fingerprint density at radius 3 is 2.89 bits per heavy atom. The van der Waals surface area contributed by atoms with Crippen LogP contribution in [0.3, 0.4) is 0 Å². The molecule has 1 rings (SSSR count). The van der Waals surface area contributed by atoms with Gasteiger partial charge in [0.05, 0.1) is 12.7 Å². The molecule has 1 heterocycles. The third-order valence-electron chi connectivity index (χ3n) is 3.28. The summed E-state index contributed by atoms with van der Waals surface area (Å²) in [6.07, 6.45) is 2.84. The topological polar surface area (TPSA) is 32.7 Å². The van der Waals surface area contributed by atoms with Crippen molar-refractivity contribution in [1.82, 2.24) is 4.90 Å². The molecule has 0 radical (unpaired) electrons. The molecular weight excluding hydrogens is 258 g/mol. The molecule has 0 spiro atoms. The molecule has 0 fully saturated rings. The Bertz CT molecular complexity index is 316. The van der Waals surface area contributed by atoms with Gasteiger partial charge in [-0.1, -0.05) is 19.4 Å². The normalized spacial score (nSPS) is 14.8. The van der Waals surface area contributed by atoms with E-state index in [1.165, 1.54) is 4.88 Å². The van der Waals surface area contributed by atoms with Crippen molar-refractivity contribution >= 4 is 11.3 Å². The summed E-state index contributed by atoms with van der Waals surface area (Å²) in [5, 5.41) is 12.0. The van der Waals surface area contributed by atoms with Crippen molar-refractivity contribution in [3.8, 4) is 0 Å². The molecule has 1 aromatic heterocycles. The van der Waals surface area contributed by atoms with Crippen LogP contribution in [0, 0.1) is 0 Å². The number of aliphatic hydroxyl groups excluding tert-OH is 1. The summed E-state index contributed by atoms with van der Waals surface area (Å²) in [4.78, 5) is 3.60. The van der Waals surface area contributed by atoms with Crippen molar-refractivity contribution in [2.24, 2.45) is 0 Å². The molecule has 0 aromatic carbocycles. The number of ether oxygens (including phenoxy) is 1. The van der Waals surface area contributed by atoms with E-state index < -0.39 is 6.10 Å². The van der Waals surface area contributed by atoms with Gasteiger partial charge in [0, 0.05) is 24.1 Å². The molecule has 2 unspecified atom stereocenters. The van der Waals surface area contributed by atoms with Crippen LogP contribution >= 0.6 is 11.3 Å². The zero-order valence-corrected chi connectivity index (χ0v) is 13.2. The van der Waals surface area contributed by atoms with Crippen LogP contribution in [0.1, 0.15) is 31.6 Å². The van der Waals surface area contributed by atoms with Crippen molar-refractivity contribution in [2.45, 2.75) is 45.3 Å². The first-order valence-electron chi connectivity index (χ1n) is 7.12. The van der Waals surface area contributed by atoms with E-state index in [4.69, 9.17) is 4.74 Å². The van der Waals surface area contributed by atoms with Crippen LogP contribution in [-0.2, 0) is 11.2 Å². The van der Waals surface area contributed by atoms with Gasteiger partial charge in [-0.3, -0.25) is 0 Å². The van der Waals surface area contributed by atoms with Gasteiger partial charge in [-0.05, 0) is 38.3 Å². The minimum absolute atomic E-state index is 0.396. The van der Waals surface area contributed by atoms with Gasteiger partial charge in [0.15, 0.2) is 0 Å². The molecule has 0 aliphatic rings. The highest BCUT2D eigenvalue weighted by Crippen LogP contribution is 2.13. The smallest absolute Gasteiger partial charge is 0.0900 e. The van der Waals surface area contributed by atoms with Crippen LogP contribution in [0.15, 0.2) is 17.5 Å². The largest absolute Gasteiger partial charge is 0.389 e. The van der Waals surface area contributed by atoms with Crippen molar-refractivity contribution in [1.29, 1.82) is 0 Å². The molecule has 0 saturated heterocycles. The SMILES string of the molecule is CCCCOCC(O)CN(C)C(C)Cc1cccs1. The van der Waals surface area contributed by atoms with E-state index in [2.05, 4.69) is 43.3 Å². The van der Waals surface area contributed by atoms with E-state index in [0.717, 1.165) is 25.9 Å². The van der Waals surface area contributed by atoms with Gasteiger partial charge in [0.2, 0.25) is 0 Å². The highest BCUT2D eigenvalue weighted by Gasteiger charge is 2.14. The standard InChI is InChI=1S/C15H27NO2S/c1-4-5-8-18-12-14(17)11-16(3)13(2)10-15-7-6-9-19-15/h6-7,9,13-14,17H,4-5,8,10-12H2,1-3H3. The lowest BCUT2D eigenvalue weighted by molar-refractivity contribution is 0.0146. The van der Waals surface area contributed by atoms with Gasteiger partial charge in [0.25, 0.3) is 0 Å². The lowest BCUT2D eigenvalue weighted by Gasteiger charge is -2.26. The molecular formula is C15H27NO2S. The molecule has 0 aliphatic carbocycles. The van der Waals surface area contributed by atoms with Crippen molar-refractivity contribution in [3.05, 3.63) is 22.4 Å². The average Bonchev–Trinajstić information content (AvgIpc) is 2.87. The number of likely N-dealkylation sites (N-methyl/N-ethyl adjacent to an activating group) is 1. The van der Waals surface area contributed by atoms with E-state index in [9.17, 15) is 5.11 Å². The lowest BCUT2D eigenvalue weighted by Crippen LogP contribution is -2.38. The number of hydrogen-bond acceptors (Lipinski definition) is 4. The van der Waals surface area contributed by atoms with Gasteiger partial charge in [-0.2, -0.15) is 0 Å². The highest BCUT2D eigenvalue weighted by atomic mass is 32.1. The number of nitrogens with zero attached hydrogens (tertiary/aromatic N) is 1. The molecule has 19 heavy (non-hydrogen) atoms. The first-order chi connectivity index (χ1) is 9.13. The summed E-state index contributed by atoms with van der Waals surface area (Å²) in [5.41, 5.74) is 0. The quantitative estimate of drug-likeness (QED) is 0.671. The second-order valence-electron chi connectivity index (χ2n) is 5.15. The third-order valence-corrected chi connectivity index (χ3v) is 4.18. The fraction of sp³-hybridized carbons (Fsp3) is 0.733. The Balaban J connectivity index is 2.19. The predicted molar refractivity (Wildman–Crippen MR) is 81.8 cm³/mol. The molecule has 0 aliphatic heterocycles. The molecule has 110 valence electrons. The fourth-order valence-electron chi connectivity index (χ4n) is 1.91. The number of thiophene rings is 1. The van der Waals surface area contributed by atoms with Crippen molar-refractivity contribution in [3.63, 3.8) is 0 Å². The molecule has 0 amide bonds. The summed E-state index contributed by atoms with van der Waals surface area (Å²) >= 11 is 1.79. The van der Waals surface area contributed by atoms with E-state index >= 15 is 0 Å². The molecule has 1 N–H and O–H groups in total.